The van der Waals surface area contributed by atoms with Crippen molar-refractivity contribution in [1.29, 1.82) is 10.5 Å². The molecule has 0 radical (unpaired) electrons. The van der Waals surface area contributed by atoms with E-state index in [0.717, 1.165) is 11.3 Å². The third kappa shape index (κ3) is 2.36. The van der Waals surface area contributed by atoms with E-state index in [1.54, 1.807) is 6.08 Å². The van der Waals surface area contributed by atoms with Gasteiger partial charge in [0.25, 0.3) is 0 Å². The minimum absolute atomic E-state index is 0.109. The molecule has 68 valence electrons. The predicted molar refractivity (Wildman–Crippen MR) is 55.2 cm³/mol. The summed E-state index contributed by atoms with van der Waals surface area (Å²) in [6, 6.07) is 11.1. The molecule has 1 rings (SSSR count). The maximum Gasteiger partial charge on any atom is 0.130 e. The maximum atomic E-state index is 8.56. The molecule has 1 aromatic carbocycles. The Labute approximate surface area is 82.9 Å². The van der Waals surface area contributed by atoms with Crippen LogP contribution in [0.4, 0.5) is 5.69 Å². The number of rotatable bonds is 2. The summed E-state index contributed by atoms with van der Waals surface area (Å²) in [5.41, 5.74) is 1.90. The van der Waals surface area contributed by atoms with Crippen LogP contribution >= 0.6 is 0 Å². The van der Waals surface area contributed by atoms with E-state index in [1.807, 2.05) is 43.5 Å². The molecule has 0 spiro atoms. The molecule has 0 aromatic heterocycles. The van der Waals surface area contributed by atoms with Crippen LogP contribution < -0.4 is 5.32 Å². The topological polar surface area (TPSA) is 59.6 Å². The van der Waals surface area contributed by atoms with Crippen molar-refractivity contribution in [3.63, 3.8) is 0 Å². The monoisotopic (exact) mass is 183 g/mol. The summed E-state index contributed by atoms with van der Waals surface area (Å²) in [6.45, 7) is 0. The highest BCUT2D eigenvalue weighted by molar-refractivity contribution is 5.64. The molecule has 3 heteroatoms. The average molecular weight is 183 g/mol. The van der Waals surface area contributed by atoms with Gasteiger partial charge in [0.1, 0.15) is 17.7 Å². The lowest BCUT2D eigenvalue weighted by Crippen LogP contribution is -1.87. The van der Waals surface area contributed by atoms with Gasteiger partial charge in [0, 0.05) is 12.7 Å². The Morgan fingerprint density at radius 3 is 2.64 bits per heavy atom. The molecule has 0 amide bonds. The van der Waals surface area contributed by atoms with Crippen molar-refractivity contribution in [2.45, 2.75) is 0 Å². The molecule has 0 saturated carbocycles. The third-order valence-electron chi connectivity index (χ3n) is 1.73. The normalized spacial score (nSPS) is 8.21. The predicted octanol–water partition coefficient (Wildman–Crippen LogP) is 2.16. The van der Waals surface area contributed by atoms with Crippen molar-refractivity contribution in [3.8, 4) is 12.1 Å². The van der Waals surface area contributed by atoms with Crippen molar-refractivity contribution in [2.75, 3.05) is 12.4 Å². The summed E-state index contributed by atoms with van der Waals surface area (Å²) in [4.78, 5) is 0. The van der Waals surface area contributed by atoms with Crippen molar-refractivity contribution < 1.29 is 0 Å². The van der Waals surface area contributed by atoms with Gasteiger partial charge in [-0.05, 0) is 23.8 Å². The van der Waals surface area contributed by atoms with Gasteiger partial charge in [0.2, 0.25) is 0 Å². The molecule has 3 nitrogen and oxygen atoms in total. The summed E-state index contributed by atoms with van der Waals surface area (Å²) in [6.07, 6.45) is 1.56. The summed E-state index contributed by atoms with van der Waals surface area (Å²) in [5.74, 6) is 0. The first kappa shape index (κ1) is 9.83. The molecule has 0 aliphatic heterocycles. The van der Waals surface area contributed by atoms with Gasteiger partial charge >= 0.3 is 0 Å². The molecule has 1 N–H and O–H groups in total. The quantitative estimate of drug-likeness (QED) is 0.714. The Hall–Kier alpha value is -2.26. The van der Waals surface area contributed by atoms with Crippen molar-refractivity contribution in [2.24, 2.45) is 0 Å². The lowest BCUT2D eigenvalue weighted by molar-refractivity contribution is 1.46. The van der Waals surface area contributed by atoms with Gasteiger partial charge in [-0.3, -0.25) is 0 Å². The molecule has 1 aromatic rings. The van der Waals surface area contributed by atoms with Gasteiger partial charge in [-0.25, -0.2) is 0 Å². The summed E-state index contributed by atoms with van der Waals surface area (Å²) >= 11 is 0. The molecular weight excluding hydrogens is 174 g/mol. The number of anilines is 1. The van der Waals surface area contributed by atoms with Crippen LogP contribution in [0, 0.1) is 22.7 Å². The maximum absolute atomic E-state index is 8.56. The Bertz CT molecular complexity index is 417. The molecule has 0 heterocycles. The number of benzene rings is 1. The fourth-order valence-corrected chi connectivity index (χ4v) is 1.04. The third-order valence-corrected chi connectivity index (χ3v) is 1.73. The molecule has 0 aliphatic rings. The smallest absolute Gasteiger partial charge is 0.130 e. The first-order chi connectivity index (χ1) is 6.80. The minimum Gasteiger partial charge on any atom is -0.388 e. The zero-order chi connectivity index (χ0) is 10.4. The van der Waals surface area contributed by atoms with Gasteiger partial charge in [0.15, 0.2) is 0 Å². The van der Waals surface area contributed by atoms with Crippen molar-refractivity contribution in [3.05, 3.63) is 35.4 Å². The summed E-state index contributed by atoms with van der Waals surface area (Å²) in [7, 11) is 1.82. The highest BCUT2D eigenvalue weighted by atomic mass is 14.8. The largest absolute Gasteiger partial charge is 0.388 e. The van der Waals surface area contributed by atoms with E-state index in [-0.39, 0.29) is 5.57 Å². The van der Waals surface area contributed by atoms with Crippen molar-refractivity contribution >= 4 is 11.8 Å². The molecule has 0 fully saturated rings. The van der Waals surface area contributed by atoms with E-state index in [2.05, 4.69) is 5.32 Å². The van der Waals surface area contributed by atoms with Gasteiger partial charge in [-0.1, -0.05) is 12.1 Å². The molecule has 0 unspecified atom stereocenters. The lowest BCUT2D eigenvalue weighted by atomic mass is 10.1. The van der Waals surface area contributed by atoms with Crippen LogP contribution in [-0.4, -0.2) is 7.05 Å². The van der Waals surface area contributed by atoms with Gasteiger partial charge in [-0.2, -0.15) is 10.5 Å². The summed E-state index contributed by atoms with van der Waals surface area (Å²) < 4.78 is 0. The number of nitriles is 2. The van der Waals surface area contributed by atoms with Crippen molar-refractivity contribution in [1.82, 2.24) is 0 Å². The number of allylic oxidation sites excluding steroid dienone is 1. The molecule has 0 aliphatic carbocycles. The SMILES string of the molecule is CNc1cccc(C=C(C#N)C#N)c1. The van der Waals surface area contributed by atoms with Crippen LogP contribution in [-0.2, 0) is 0 Å². The van der Waals surface area contributed by atoms with Crippen LogP contribution in [0.5, 0.6) is 0 Å². The number of nitrogens with one attached hydrogen (secondary N) is 1. The first-order valence-corrected chi connectivity index (χ1v) is 4.10. The second-order valence-electron chi connectivity index (χ2n) is 2.66. The fraction of sp³-hybridized carbons (Fsp3) is 0.0909. The Morgan fingerprint density at radius 2 is 2.07 bits per heavy atom. The van der Waals surface area contributed by atoms with E-state index < -0.39 is 0 Å². The molecular formula is C11H9N3. The number of nitrogens with zero attached hydrogens (tertiary/aromatic N) is 2. The van der Waals surface area contributed by atoms with E-state index in [9.17, 15) is 0 Å². The van der Waals surface area contributed by atoms with Crippen LogP contribution in [0.25, 0.3) is 6.08 Å². The van der Waals surface area contributed by atoms with Gasteiger partial charge < -0.3 is 5.32 Å². The van der Waals surface area contributed by atoms with Crippen LogP contribution in [0.1, 0.15) is 5.56 Å². The van der Waals surface area contributed by atoms with Crippen LogP contribution in [0.15, 0.2) is 29.8 Å². The zero-order valence-electron chi connectivity index (χ0n) is 7.78. The molecule has 0 bridgehead atoms. The summed E-state index contributed by atoms with van der Waals surface area (Å²) in [5, 5.41) is 20.1. The first-order valence-electron chi connectivity index (χ1n) is 4.10. The molecule has 0 atom stereocenters. The Balaban J connectivity index is 3.05. The van der Waals surface area contributed by atoms with E-state index in [1.165, 1.54) is 0 Å². The zero-order valence-corrected chi connectivity index (χ0v) is 7.78. The Morgan fingerprint density at radius 1 is 1.36 bits per heavy atom. The van der Waals surface area contributed by atoms with E-state index in [4.69, 9.17) is 10.5 Å². The average Bonchev–Trinajstić information content (AvgIpc) is 2.26. The standard InChI is InChI=1S/C11H9N3/c1-14-11-4-2-3-9(6-11)5-10(7-12)8-13/h2-6,14H,1H3. The minimum atomic E-state index is 0.109. The fourth-order valence-electron chi connectivity index (χ4n) is 1.04. The number of hydrogen-bond acceptors (Lipinski definition) is 3. The van der Waals surface area contributed by atoms with Crippen LogP contribution in [0.3, 0.4) is 0 Å². The lowest BCUT2D eigenvalue weighted by Gasteiger charge is -1.99. The Kier molecular flexibility index (Phi) is 3.29. The second-order valence-corrected chi connectivity index (χ2v) is 2.66. The second kappa shape index (κ2) is 4.69. The highest BCUT2D eigenvalue weighted by Crippen LogP contribution is 2.12. The number of hydrogen-bond donors (Lipinski definition) is 1. The van der Waals surface area contributed by atoms with Gasteiger partial charge in [0.05, 0.1) is 0 Å². The van der Waals surface area contributed by atoms with Gasteiger partial charge in [-0.15, -0.1) is 0 Å². The highest BCUT2D eigenvalue weighted by Gasteiger charge is 1.94. The molecule has 0 saturated heterocycles. The van der Waals surface area contributed by atoms with E-state index in [0.29, 0.717) is 0 Å². The van der Waals surface area contributed by atoms with E-state index >= 15 is 0 Å². The van der Waals surface area contributed by atoms with Crippen LogP contribution in [0.2, 0.25) is 0 Å². The molecule has 14 heavy (non-hydrogen) atoms.